The third-order valence-electron chi connectivity index (χ3n) is 1.52. The number of anilines is 1. The Kier molecular flexibility index (Phi) is 1.85. The minimum atomic E-state index is 0.0196. The van der Waals surface area contributed by atoms with Crippen molar-refractivity contribution in [2.45, 2.75) is 6.92 Å². The number of aliphatic hydroxyl groups is 1. The van der Waals surface area contributed by atoms with Crippen LogP contribution in [0.25, 0.3) is 5.76 Å². The molecule has 0 unspecified atom stereocenters. The molecule has 0 aliphatic carbocycles. The number of benzene rings is 1. The Balaban J connectivity index is 3.23. The van der Waals surface area contributed by atoms with Crippen molar-refractivity contribution in [2.24, 2.45) is 0 Å². The number of aliphatic hydroxyl groups excluding tert-OH is 1. The fraction of sp³-hybridized carbons (Fsp3) is 0.111. The molecule has 0 saturated heterocycles. The van der Waals surface area contributed by atoms with Gasteiger partial charge in [-0.05, 0) is 19.1 Å². The predicted octanol–water partition coefficient (Wildman–Crippen LogP) is 2.11. The van der Waals surface area contributed by atoms with Gasteiger partial charge >= 0.3 is 0 Å². The van der Waals surface area contributed by atoms with Gasteiger partial charge in [0.15, 0.2) is 0 Å². The van der Waals surface area contributed by atoms with Crippen LogP contribution in [0.2, 0.25) is 0 Å². The molecule has 0 spiro atoms. The standard InChI is InChI=1S/C9H11NO/c1-6-3-4-9(10)8(5-6)7(2)11/h3-5,11H,2,10H2,1H3. The van der Waals surface area contributed by atoms with Gasteiger partial charge < -0.3 is 10.8 Å². The molecule has 58 valence electrons. The van der Waals surface area contributed by atoms with Gasteiger partial charge in [0.1, 0.15) is 5.76 Å². The smallest absolute Gasteiger partial charge is 0.117 e. The first-order valence-electron chi connectivity index (χ1n) is 3.35. The second-order valence-corrected chi connectivity index (χ2v) is 2.54. The van der Waals surface area contributed by atoms with Crippen molar-refractivity contribution in [3.8, 4) is 0 Å². The SMILES string of the molecule is C=C(O)c1cc(C)ccc1N. The van der Waals surface area contributed by atoms with E-state index in [0.717, 1.165) is 5.56 Å². The molecule has 1 aromatic rings. The van der Waals surface area contributed by atoms with E-state index in [1.165, 1.54) is 0 Å². The summed E-state index contributed by atoms with van der Waals surface area (Å²) in [6.45, 7) is 5.34. The summed E-state index contributed by atoms with van der Waals surface area (Å²) in [7, 11) is 0. The summed E-state index contributed by atoms with van der Waals surface area (Å²) in [5, 5.41) is 9.05. The largest absolute Gasteiger partial charge is 0.508 e. The van der Waals surface area contributed by atoms with Crippen LogP contribution < -0.4 is 5.73 Å². The molecule has 1 rings (SSSR count). The molecule has 0 heterocycles. The van der Waals surface area contributed by atoms with Gasteiger partial charge in [-0.25, -0.2) is 0 Å². The van der Waals surface area contributed by atoms with E-state index in [2.05, 4.69) is 6.58 Å². The number of nitrogens with two attached hydrogens (primary N) is 1. The normalized spacial score (nSPS) is 9.55. The second-order valence-electron chi connectivity index (χ2n) is 2.54. The first-order chi connectivity index (χ1) is 5.11. The molecule has 3 N–H and O–H groups in total. The summed E-state index contributed by atoms with van der Waals surface area (Å²) in [6, 6.07) is 5.45. The van der Waals surface area contributed by atoms with Gasteiger partial charge in [0.05, 0.1) is 0 Å². The number of aryl methyl sites for hydroxylation is 1. The van der Waals surface area contributed by atoms with Crippen LogP contribution in [-0.2, 0) is 0 Å². The molecule has 0 saturated carbocycles. The molecule has 0 radical (unpaired) electrons. The van der Waals surface area contributed by atoms with Crippen LogP contribution in [0.1, 0.15) is 11.1 Å². The van der Waals surface area contributed by atoms with Crippen LogP contribution in [0.15, 0.2) is 24.8 Å². The van der Waals surface area contributed by atoms with Gasteiger partial charge in [-0.2, -0.15) is 0 Å². The number of hydrogen-bond acceptors (Lipinski definition) is 2. The van der Waals surface area contributed by atoms with Crippen molar-refractivity contribution in [2.75, 3.05) is 5.73 Å². The Hall–Kier alpha value is -1.44. The molecule has 0 aromatic heterocycles. The maximum Gasteiger partial charge on any atom is 0.117 e. The lowest BCUT2D eigenvalue weighted by Gasteiger charge is -2.03. The third-order valence-corrected chi connectivity index (χ3v) is 1.52. The van der Waals surface area contributed by atoms with Gasteiger partial charge in [-0.1, -0.05) is 18.2 Å². The number of hydrogen-bond donors (Lipinski definition) is 2. The maximum absolute atomic E-state index is 9.05. The maximum atomic E-state index is 9.05. The van der Waals surface area contributed by atoms with E-state index in [9.17, 15) is 0 Å². The molecule has 11 heavy (non-hydrogen) atoms. The Labute approximate surface area is 66.0 Å². The summed E-state index contributed by atoms with van der Waals surface area (Å²) in [4.78, 5) is 0. The van der Waals surface area contributed by atoms with Crippen molar-refractivity contribution >= 4 is 11.4 Å². The van der Waals surface area contributed by atoms with Crippen molar-refractivity contribution in [3.63, 3.8) is 0 Å². The fourth-order valence-corrected chi connectivity index (χ4v) is 0.920. The van der Waals surface area contributed by atoms with Crippen LogP contribution in [0.5, 0.6) is 0 Å². The zero-order valence-corrected chi connectivity index (χ0v) is 6.46. The highest BCUT2D eigenvalue weighted by molar-refractivity contribution is 5.69. The first kappa shape index (κ1) is 7.66. The average molecular weight is 149 g/mol. The molecule has 0 atom stereocenters. The zero-order valence-electron chi connectivity index (χ0n) is 6.46. The zero-order chi connectivity index (χ0) is 8.43. The van der Waals surface area contributed by atoms with Crippen LogP contribution in [0, 0.1) is 6.92 Å². The summed E-state index contributed by atoms with van der Waals surface area (Å²) in [5.74, 6) is 0.0196. The van der Waals surface area contributed by atoms with Crippen molar-refractivity contribution in [1.29, 1.82) is 0 Å². The molecule has 0 aliphatic heterocycles. The molecular weight excluding hydrogens is 138 g/mol. The highest BCUT2D eigenvalue weighted by Crippen LogP contribution is 2.18. The van der Waals surface area contributed by atoms with Gasteiger partial charge in [-0.15, -0.1) is 0 Å². The molecule has 0 aliphatic rings. The summed E-state index contributed by atoms with van der Waals surface area (Å²) < 4.78 is 0. The number of rotatable bonds is 1. The van der Waals surface area contributed by atoms with E-state index >= 15 is 0 Å². The van der Waals surface area contributed by atoms with Gasteiger partial charge in [-0.3, -0.25) is 0 Å². The molecule has 2 heteroatoms. The molecule has 2 nitrogen and oxygen atoms in total. The average Bonchev–Trinajstić information content (AvgIpc) is 1.94. The topological polar surface area (TPSA) is 46.2 Å². The van der Waals surface area contributed by atoms with E-state index in [0.29, 0.717) is 11.3 Å². The van der Waals surface area contributed by atoms with Crippen molar-refractivity contribution < 1.29 is 5.11 Å². The van der Waals surface area contributed by atoms with Crippen molar-refractivity contribution in [3.05, 3.63) is 35.9 Å². The van der Waals surface area contributed by atoms with Gasteiger partial charge in [0.25, 0.3) is 0 Å². The van der Waals surface area contributed by atoms with Crippen molar-refractivity contribution in [1.82, 2.24) is 0 Å². The minimum Gasteiger partial charge on any atom is -0.508 e. The van der Waals surface area contributed by atoms with E-state index in [1.54, 1.807) is 12.1 Å². The quantitative estimate of drug-likeness (QED) is 0.474. The lowest BCUT2D eigenvalue weighted by molar-refractivity contribution is 0.514. The van der Waals surface area contributed by atoms with Crippen LogP contribution in [0.3, 0.4) is 0 Å². The third kappa shape index (κ3) is 1.52. The molecule has 0 bridgehead atoms. The lowest BCUT2D eigenvalue weighted by atomic mass is 10.1. The Morgan fingerprint density at radius 2 is 2.18 bits per heavy atom. The first-order valence-corrected chi connectivity index (χ1v) is 3.35. The second kappa shape index (κ2) is 2.66. The monoisotopic (exact) mass is 149 g/mol. The Morgan fingerprint density at radius 1 is 1.55 bits per heavy atom. The van der Waals surface area contributed by atoms with E-state index in [-0.39, 0.29) is 5.76 Å². The molecular formula is C9H11NO. The molecule has 0 amide bonds. The summed E-state index contributed by atoms with van der Waals surface area (Å²) in [6.07, 6.45) is 0. The molecule has 0 fully saturated rings. The van der Waals surface area contributed by atoms with Crippen LogP contribution in [-0.4, -0.2) is 5.11 Å². The summed E-state index contributed by atoms with van der Waals surface area (Å²) >= 11 is 0. The van der Waals surface area contributed by atoms with E-state index < -0.39 is 0 Å². The Morgan fingerprint density at radius 3 is 2.64 bits per heavy atom. The Bertz CT molecular complexity index is 292. The van der Waals surface area contributed by atoms with E-state index in [1.807, 2.05) is 13.0 Å². The fourth-order valence-electron chi connectivity index (χ4n) is 0.920. The number of nitrogen functional groups attached to an aromatic ring is 1. The highest BCUT2D eigenvalue weighted by atomic mass is 16.3. The van der Waals surface area contributed by atoms with Crippen LogP contribution >= 0.6 is 0 Å². The molecule has 1 aromatic carbocycles. The van der Waals surface area contributed by atoms with E-state index in [4.69, 9.17) is 10.8 Å². The minimum absolute atomic E-state index is 0.0196. The van der Waals surface area contributed by atoms with Crippen LogP contribution in [0.4, 0.5) is 5.69 Å². The van der Waals surface area contributed by atoms with Gasteiger partial charge in [0.2, 0.25) is 0 Å². The summed E-state index contributed by atoms with van der Waals surface area (Å²) in [5.41, 5.74) is 7.80. The predicted molar refractivity (Wildman–Crippen MR) is 47.3 cm³/mol. The highest BCUT2D eigenvalue weighted by Gasteiger charge is 2.00. The lowest BCUT2D eigenvalue weighted by Crippen LogP contribution is -1.92. The van der Waals surface area contributed by atoms with Gasteiger partial charge in [0, 0.05) is 11.3 Å².